The number of nitrogen functional groups attached to an aromatic ring is 3. The van der Waals surface area contributed by atoms with Crippen LogP contribution in [0.25, 0.3) is 28.6 Å². The first-order valence-electron chi connectivity index (χ1n) is 45.8. The molecular formula is C100H119ClF2N20O15S4. The lowest BCUT2D eigenvalue weighted by atomic mass is 9.97. The molecule has 42 heteroatoms. The first kappa shape index (κ1) is 107. The zero-order chi connectivity index (χ0) is 104. The first-order chi connectivity index (χ1) is 66.8. The van der Waals surface area contributed by atoms with Crippen LogP contribution in [0.15, 0.2) is 215 Å². The topological polar surface area (TPSA) is 488 Å². The van der Waals surface area contributed by atoms with Crippen molar-refractivity contribution >= 4 is 122 Å². The highest BCUT2D eigenvalue weighted by molar-refractivity contribution is 7.91. The third-order valence-electron chi connectivity index (χ3n) is 24.3. The zero-order valence-corrected chi connectivity index (χ0v) is 85.8. The monoisotopic (exact) mass is 2040 g/mol. The van der Waals surface area contributed by atoms with Gasteiger partial charge in [-0.05, 0) is 238 Å². The number of allylic oxidation sites excluding steroid dienone is 1. The summed E-state index contributed by atoms with van der Waals surface area (Å²) < 4.78 is 154. The highest BCUT2D eigenvalue weighted by Gasteiger charge is 2.45. The number of halogens is 3. The van der Waals surface area contributed by atoms with Crippen molar-refractivity contribution < 1.29 is 75.8 Å². The Bertz CT molecular complexity index is 7010. The lowest BCUT2D eigenvalue weighted by Crippen LogP contribution is -2.41. The summed E-state index contributed by atoms with van der Waals surface area (Å²) >= 11 is 6.06. The lowest BCUT2D eigenvalue weighted by molar-refractivity contribution is 0.0972. The van der Waals surface area contributed by atoms with E-state index in [9.17, 15) is 61.6 Å². The van der Waals surface area contributed by atoms with Gasteiger partial charge < -0.3 is 51.0 Å². The summed E-state index contributed by atoms with van der Waals surface area (Å²) in [5.41, 5.74) is 20.3. The number of aromatic nitrogens is 9. The molecule has 13 heterocycles. The maximum Gasteiger partial charge on any atom is 0.281 e. The molecule has 4 fully saturated rings. The second-order valence-corrected chi connectivity index (χ2v) is 45.4. The molecule has 4 atom stereocenters. The fourth-order valence-corrected chi connectivity index (χ4v) is 22.3. The predicted octanol–water partition coefficient (Wildman–Crippen LogP) is 16.0. The molecule has 0 spiro atoms. The number of nitrogens with one attached hydrogen (secondary N) is 4. The normalized spacial score (nSPS) is 17.4. The lowest BCUT2D eigenvalue weighted by Gasteiger charge is -2.34. The van der Waals surface area contributed by atoms with E-state index in [0.717, 1.165) is 62.7 Å². The maximum absolute atomic E-state index is 13.3. The Hall–Kier alpha value is -13.6. The summed E-state index contributed by atoms with van der Waals surface area (Å²) in [6.45, 7) is 32.2. The van der Waals surface area contributed by atoms with Gasteiger partial charge in [0.1, 0.15) is 62.9 Å². The van der Waals surface area contributed by atoms with E-state index in [1.807, 2.05) is 30.9 Å². The van der Waals surface area contributed by atoms with Crippen LogP contribution in [0.1, 0.15) is 200 Å². The van der Waals surface area contributed by atoms with Crippen LogP contribution >= 0.6 is 11.6 Å². The van der Waals surface area contributed by atoms with Gasteiger partial charge in [0.15, 0.2) is 10.1 Å². The van der Waals surface area contributed by atoms with Crippen molar-refractivity contribution in [3.05, 3.63) is 239 Å². The Morgan fingerprint density at radius 3 is 1.38 bits per heavy atom. The van der Waals surface area contributed by atoms with Crippen molar-refractivity contribution in [1.29, 1.82) is 0 Å². The van der Waals surface area contributed by atoms with Crippen LogP contribution < -0.4 is 69.9 Å². The molecule has 0 radical (unpaired) electrons. The molecule has 0 bridgehead atoms. The molecular weight excluding hydrogens is 1920 g/mol. The number of amides is 4. The summed E-state index contributed by atoms with van der Waals surface area (Å²) in [6.07, 6.45) is 14.6. The van der Waals surface area contributed by atoms with Crippen LogP contribution in [0.5, 0.6) is 17.5 Å². The van der Waals surface area contributed by atoms with Crippen molar-refractivity contribution in [2.24, 2.45) is 29.6 Å². The smallest absolute Gasteiger partial charge is 0.281 e. The SMILES string of the molecule is CC(C)CC/C=C/c1cnc(N2CC(C)CC2(C)C)c(C(=O)NS(=O)(=O)c2cccc(N)n2)c1.COc1cc(-c2ccc(C(=O)NS(=O)(=O)c3cccnc3N)c(N3C[C@@H](C)CC3(C)C)n2)ccn1.COc1ccc(Cl)cc1COc1cccc(S(=O)(=O)NC(=O)c2cccnc2N2CC(C)CC2(C)C)n1.C[C@@H]1CN(c2nc(-c3ccc(C(F)F)cc3)ccc2C(=O)NS(=O)(=O)c2cccnc2N)C(C)(C)C1. The second kappa shape index (κ2) is 44.3. The van der Waals surface area contributed by atoms with Gasteiger partial charge in [-0.3, -0.25) is 19.2 Å². The standard InChI is InChI=1S/C26H29ClN4O5S.C25H27F2N5O3S.C25H35N5O3S.C24H28N6O4S/c1-17-14-26(2,3)31(15-17)24-20(7-6-12-28-24)25(32)30-37(33,34)23-9-5-8-22(29-23)36-16-18-13-19(27)10-11-21(18)35-4;1-15-13-25(2,3)32(14-15)23-18(24(33)31-36(34,35)20-5-4-12-29-22(20)28)10-11-19(30-23)16-6-8-17(9-7-16)21(26)27;1-17(2)9-6-7-10-19-13-20(23(27-15-19)30-16-18(3)14-25(30,4)5)24(31)29-34(32,33)22-12-8-11-21(26)28-22;1-15-13-24(2,3)30(14-15)22-17(7-8-18(28-22)16-9-11-26-20(12-16)34-4)23(31)29-35(32,33)19-6-5-10-27-21(19)25/h5-13,17H,14-16H2,1-4H3,(H,30,32);4-12,15,21H,13-14H2,1-3H3,(H2,28,29)(H,31,33);7-8,10-13,15,17-18H,6,9,14,16H2,1-5H3,(H2,26,28)(H,29,31);5-12,15H,13-14H2,1-4H3,(H2,25,27)(H,29,31)/b;;10-7+;/t;15-;;15-/m.0.0/s1. The van der Waals surface area contributed by atoms with Gasteiger partial charge in [-0.25, -0.2) is 84.4 Å². The molecule has 0 aliphatic carbocycles. The number of methoxy groups -OCH3 is 2. The fourth-order valence-electron chi connectivity index (χ4n) is 18.1. The largest absolute Gasteiger partial charge is 0.496 e. The van der Waals surface area contributed by atoms with Crippen LogP contribution in [-0.2, 0) is 46.7 Å². The Labute approximate surface area is 832 Å². The third-order valence-corrected chi connectivity index (χ3v) is 29.8. The Balaban J connectivity index is 0.000000169. The number of alkyl halides is 2. The number of pyridine rings is 9. The number of anilines is 7. The van der Waals surface area contributed by atoms with Crippen LogP contribution in [0.4, 0.5) is 49.5 Å². The van der Waals surface area contributed by atoms with E-state index in [4.69, 9.17) is 53.0 Å². The van der Waals surface area contributed by atoms with Gasteiger partial charge in [0.2, 0.25) is 11.8 Å². The molecule has 754 valence electrons. The average Bonchev–Trinajstić information content (AvgIpc) is 1.57. The number of nitrogens with zero attached hydrogens (tertiary/aromatic N) is 13. The van der Waals surface area contributed by atoms with E-state index in [0.29, 0.717) is 105 Å². The van der Waals surface area contributed by atoms with Crippen molar-refractivity contribution in [3.63, 3.8) is 0 Å². The molecule has 0 saturated carbocycles. The molecule has 4 aliphatic heterocycles. The summed E-state index contributed by atoms with van der Waals surface area (Å²) in [4.78, 5) is 98.9. The minimum atomic E-state index is -4.30. The van der Waals surface area contributed by atoms with Gasteiger partial charge in [0, 0.05) is 119 Å². The van der Waals surface area contributed by atoms with Crippen LogP contribution in [-0.4, -0.2) is 165 Å². The molecule has 15 rings (SSSR count). The van der Waals surface area contributed by atoms with E-state index >= 15 is 0 Å². The number of benzene rings is 2. The summed E-state index contributed by atoms with van der Waals surface area (Å²) in [6, 6.07) is 39.5. The van der Waals surface area contributed by atoms with Crippen LogP contribution in [0, 0.1) is 29.6 Å². The van der Waals surface area contributed by atoms with Crippen molar-refractivity contribution in [3.8, 4) is 40.0 Å². The maximum atomic E-state index is 13.3. The summed E-state index contributed by atoms with van der Waals surface area (Å²) in [7, 11) is -14.0. The Kier molecular flexibility index (Phi) is 33.4. The number of nitrogens with two attached hydrogens (primary N) is 3. The molecule has 142 heavy (non-hydrogen) atoms. The average molecular weight is 2040 g/mol. The molecule has 4 saturated heterocycles. The molecule has 10 N–H and O–H groups in total. The van der Waals surface area contributed by atoms with Crippen LogP contribution in [0.2, 0.25) is 5.02 Å². The van der Waals surface area contributed by atoms with Crippen molar-refractivity contribution in [2.45, 2.75) is 190 Å². The number of hydrogen-bond donors (Lipinski definition) is 7. The summed E-state index contributed by atoms with van der Waals surface area (Å²) in [5, 5.41) is -0.153. The first-order valence-corrected chi connectivity index (χ1v) is 52.1. The highest BCUT2D eigenvalue weighted by atomic mass is 35.5. The van der Waals surface area contributed by atoms with Gasteiger partial charge in [-0.1, -0.05) is 102 Å². The van der Waals surface area contributed by atoms with Gasteiger partial charge in [0.25, 0.3) is 70.1 Å². The molecule has 11 aromatic rings. The minimum absolute atomic E-state index is 0.0513. The number of carbonyl (C=O) groups excluding carboxylic acids is 4. The van der Waals surface area contributed by atoms with Gasteiger partial charge in [0.05, 0.1) is 47.9 Å². The molecule has 2 unspecified atom stereocenters. The Morgan fingerprint density at radius 1 is 0.465 bits per heavy atom. The Morgan fingerprint density at radius 2 is 0.915 bits per heavy atom. The van der Waals surface area contributed by atoms with Gasteiger partial charge >= 0.3 is 0 Å². The predicted molar refractivity (Wildman–Crippen MR) is 542 cm³/mol. The molecule has 35 nitrogen and oxygen atoms in total. The van der Waals surface area contributed by atoms with E-state index in [2.05, 4.69) is 152 Å². The number of hydrogen-bond acceptors (Lipinski definition) is 31. The van der Waals surface area contributed by atoms with Gasteiger partial charge in [-0.15, -0.1) is 0 Å². The van der Waals surface area contributed by atoms with E-state index in [1.54, 1.807) is 97.5 Å². The van der Waals surface area contributed by atoms with E-state index in [-0.39, 0.29) is 99.8 Å². The quantitative estimate of drug-likeness (QED) is 0.0239. The van der Waals surface area contributed by atoms with Crippen LogP contribution in [0.3, 0.4) is 0 Å². The fraction of sp³-hybridized carbons (Fsp3) is 0.370. The highest BCUT2D eigenvalue weighted by Crippen LogP contribution is 2.44. The molecule has 9 aromatic heterocycles. The minimum Gasteiger partial charge on any atom is -0.496 e. The molecule has 4 aliphatic rings. The molecule has 2 aromatic carbocycles. The second-order valence-electron chi connectivity index (χ2n) is 38.4. The number of rotatable bonds is 28. The summed E-state index contributed by atoms with van der Waals surface area (Å²) in [5.74, 6) is 1.24. The zero-order valence-electron chi connectivity index (χ0n) is 81.7. The molecule has 4 amide bonds. The number of carbonyl (C=O) groups is 4. The van der Waals surface area contributed by atoms with E-state index in [1.165, 1.54) is 105 Å². The van der Waals surface area contributed by atoms with Gasteiger partial charge in [-0.2, -0.15) is 21.8 Å². The van der Waals surface area contributed by atoms with Crippen molar-refractivity contribution in [1.82, 2.24) is 63.7 Å². The number of ether oxygens (including phenoxy) is 3. The van der Waals surface area contributed by atoms with E-state index < -0.39 is 70.1 Å². The number of sulfonamides is 4. The third kappa shape index (κ3) is 26.2. The van der Waals surface area contributed by atoms with Crippen molar-refractivity contribution in [2.75, 3.05) is 77.2 Å².